The quantitative estimate of drug-likeness (QED) is 0.244. The van der Waals surface area contributed by atoms with E-state index in [1.165, 1.54) is 6.07 Å². The number of hydrogen-bond donors (Lipinski definition) is 1. The number of aromatic nitrogens is 1. The highest BCUT2D eigenvalue weighted by Crippen LogP contribution is 2.36. The van der Waals surface area contributed by atoms with E-state index in [0.717, 1.165) is 68.2 Å². The maximum Gasteiger partial charge on any atom is 0.303 e. The van der Waals surface area contributed by atoms with Gasteiger partial charge >= 0.3 is 5.97 Å². The Hall–Kier alpha value is -3.06. The Morgan fingerprint density at radius 1 is 1.16 bits per heavy atom. The van der Waals surface area contributed by atoms with Crippen molar-refractivity contribution in [1.29, 1.82) is 0 Å². The van der Waals surface area contributed by atoms with Crippen LogP contribution in [0.1, 0.15) is 62.2 Å². The zero-order valence-electron chi connectivity index (χ0n) is 22.1. The van der Waals surface area contributed by atoms with Gasteiger partial charge in [0, 0.05) is 24.5 Å². The number of pyridine rings is 1. The Labute approximate surface area is 223 Å². The van der Waals surface area contributed by atoms with Crippen molar-refractivity contribution >= 4 is 16.9 Å². The van der Waals surface area contributed by atoms with Crippen molar-refractivity contribution in [2.45, 2.75) is 57.5 Å². The third-order valence-corrected chi connectivity index (χ3v) is 7.89. The number of alkyl halides is 1. The predicted octanol–water partition coefficient (Wildman–Crippen LogP) is 7.00. The van der Waals surface area contributed by atoms with Crippen LogP contribution in [0.3, 0.4) is 0 Å². The number of unbranched alkanes of at least 4 members (excludes halogenated alkanes) is 1. The number of carbonyl (C=O) groups is 1. The molecule has 3 aromatic rings. The predicted molar refractivity (Wildman–Crippen MR) is 146 cm³/mol. The molecule has 204 valence electrons. The van der Waals surface area contributed by atoms with Gasteiger partial charge in [0.05, 0.1) is 12.6 Å². The number of benzene rings is 2. The largest absolute Gasteiger partial charge is 0.497 e. The van der Waals surface area contributed by atoms with Crippen LogP contribution in [0, 0.1) is 17.7 Å². The summed E-state index contributed by atoms with van der Waals surface area (Å²) in [6.07, 6.45) is 6.22. The average Bonchev–Trinajstić information content (AvgIpc) is 2.92. The summed E-state index contributed by atoms with van der Waals surface area (Å²) in [5, 5.41) is 10.1. The Morgan fingerprint density at radius 2 is 2.03 bits per heavy atom. The molecule has 5 nitrogen and oxygen atoms in total. The summed E-state index contributed by atoms with van der Waals surface area (Å²) in [6, 6.07) is 14.0. The minimum Gasteiger partial charge on any atom is -0.497 e. The maximum atomic E-state index is 15.5. The number of carboxylic acids is 1. The highest BCUT2D eigenvalue weighted by molar-refractivity contribution is 5.83. The molecule has 3 atom stereocenters. The molecule has 1 aliphatic rings. The fraction of sp³-hybridized carbons (Fsp3) is 0.484. The molecular weight excluding hydrogens is 486 g/mol. The van der Waals surface area contributed by atoms with Crippen LogP contribution in [0.4, 0.5) is 8.78 Å². The molecule has 0 saturated carbocycles. The van der Waals surface area contributed by atoms with Crippen molar-refractivity contribution in [3.8, 4) is 5.75 Å². The average molecular weight is 525 g/mol. The second-order valence-electron chi connectivity index (χ2n) is 10.5. The van der Waals surface area contributed by atoms with E-state index >= 15 is 4.39 Å². The number of carboxylic acid groups (broad SMARTS) is 1. The van der Waals surface area contributed by atoms with Crippen LogP contribution in [-0.2, 0) is 11.2 Å². The molecule has 38 heavy (non-hydrogen) atoms. The number of halogens is 2. The topological polar surface area (TPSA) is 62.7 Å². The van der Waals surface area contributed by atoms with E-state index in [1.54, 1.807) is 31.5 Å². The molecule has 2 aromatic carbocycles. The van der Waals surface area contributed by atoms with Gasteiger partial charge in [-0.2, -0.15) is 0 Å². The third kappa shape index (κ3) is 7.73. The number of aryl methyl sites for hydroxylation is 1. The summed E-state index contributed by atoms with van der Waals surface area (Å²) in [4.78, 5) is 18.1. The van der Waals surface area contributed by atoms with Gasteiger partial charge in [-0.25, -0.2) is 8.78 Å². The standard InChI is InChI=1S/C31H38F2N2O3/c1-38-26-10-12-30-28(20-26)27(14-16-34-30)29(33)11-8-23-15-18-35(21-24(23)9-13-31(36)37)17-3-2-5-22-6-4-7-25(32)19-22/h4,6-7,10,12,14,16,19-20,23-24,29H,2-3,5,8-9,11,13,15,17-18,21H2,1H3,(H,36,37)/t23?,24?,29-/m0/s1. The van der Waals surface area contributed by atoms with Crippen molar-refractivity contribution in [1.82, 2.24) is 9.88 Å². The van der Waals surface area contributed by atoms with Crippen LogP contribution in [-0.4, -0.2) is 47.7 Å². The van der Waals surface area contributed by atoms with Gasteiger partial charge < -0.3 is 14.7 Å². The normalized spacial score (nSPS) is 18.9. The molecular formula is C31H38F2N2O3. The first-order valence-electron chi connectivity index (χ1n) is 13.7. The first-order valence-corrected chi connectivity index (χ1v) is 13.7. The molecule has 0 radical (unpaired) electrons. The van der Waals surface area contributed by atoms with E-state index in [-0.39, 0.29) is 18.2 Å². The van der Waals surface area contributed by atoms with Crippen molar-refractivity contribution in [3.05, 3.63) is 71.7 Å². The summed E-state index contributed by atoms with van der Waals surface area (Å²) < 4.78 is 34.3. The number of piperidine rings is 1. The zero-order chi connectivity index (χ0) is 26.9. The van der Waals surface area contributed by atoms with E-state index < -0.39 is 12.1 Å². The molecule has 0 amide bonds. The van der Waals surface area contributed by atoms with E-state index in [1.807, 2.05) is 24.3 Å². The van der Waals surface area contributed by atoms with Crippen LogP contribution < -0.4 is 4.74 Å². The summed E-state index contributed by atoms with van der Waals surface area (Å²) in [7, 11) is 1.60. The highest BCUT2D eigenvalue weighted by Gasteiger charge is 2.30. The SMILES string of the molecule is COc1ccc2nccc([C@@H](F)CCC3CCN(CCCCc4cccc(F)c4)CC3CCC(=O)O)c2c1. The molecule has 0 aliphatic carbocycles. The van der Waals surface area contributed by atoms with Gasteiger partial charge in [0.2, 0.25) is 0 Å². The molecule has 1 fully saturated rings. The summed E-state index contributed by atoms with van der Waals surface area (Å²) in [5.74, 6) is 0.245. The monoisotopic (exact) mass is 524 g/mol. The molecule has 1 saturated heterocycles. The number of likely N-dealkylation sites (tertiary alicyclic amines) is 1. The smallest absolute Gasteiger partial charge is 0.303 e. The van der Waals surface area contributed by atoms with Gasteiger partial charge in [-0.15, -0.1) is 0 Å². The molecule has 0 spiro atoms. The Balaban J connectivity index is 1.32. The van der Waals surface area contributed by atoms with Crippen molar-refractivity contribution in [2.24, 2.45) is 11.8 Å². The molecule has 0 bridgehead atoms. The van der Waals surface area contributed by atoms with Crippen molar-refractivity contribution in [2.75, 3.05) is 26.7 Å². The van der Waals surface area contributed by atoms with E-state index in [2.05, 4.69) is 9.88 Å². The lowest BCUT2D eigenvalue weighted by molar-refractivity contribution is -0.137. The molecule has 1 N–H and O–H groups in total. The molecule has 2 unspecified atom stereocenters. The lowest BCUT2D eigenvalue weighted by Gasteiger charge is -2.39. The fourth-order valence-corrected chi connectivity index (χ4v) is 5.79. The summed E-state index contributed by atoms with van der Waals surface area (Å²) >= 11 is 0. The van der Waals surface area contributed by atoms with E-state index in [0.29, 0.717) is 30.1 Å². The Bertz CT molecular complexity index is 1200. The van der Waals surface area contributed by atoms with Gasteiger partial charge in [-0.3, -0.25) is 9.78 Å². The summed E-state index contributed by atoms with van der Waals surface area (Å²) in [6.45, 7) is 2.74. The van der Waals surface area contributed by atoms with Gasteiger partial charge in [0.25, 0.3) is 0 Å². The lowest BCUT2D eigenvalue weighted by Crippen LogP contribution is -2.41. The van der Waals surface area contributed by atoms with Crippen LogP contribution >= 0.6 is 0 Å². The highest BCUT2D eigenvalue weighted by atomic mass is 19.1. The Kier molecular flexibility index (Phi) is 10.0. The fourth-order valence-electron chi connectivity index (χ4n) is 5.79. The van der Waals surface area contributed by atoms with Gasteiger partial charge in [0.15, 0.2) is 0 Å². The van der Waals surface area contributed by atoms with Crippen molar-refractivity contribution < 1.29 is 23.4 Å². The van der Waals surface area contributed by atoms with Gasteiger partial charge in [-0.1, -0.05) is 12.1 Å². The van der Waals surface area contributed by atoms with Crippen LogP contribution in [0.15, 0.2) is 54.7 Å². The van der Waals surface area contributed by atoms with Crippen LogP contribution in [0.5, 0.6) is 5.75 Å². The molecule has 1 aliphatic heterocycles. The molecule has 1 aromatic heterocycles. The Morgan fingerprint density at radius 3 is 2.82 bits per heavy atom. The number of methoxy groups -OCH3 is 1. The second-order valence-corrected chi connectivity index (χ2v) is 10.5. The van der Waals surface area contributed by atoms with E-state index in [4.69, 9.17) is 4.74 Å². The molecule has 4 rings (SSSR count). The first kappa shape index (κ1) is 28.0. The van der Waals surface area contributed by atoms with Gasteiger partial charge in [-0.05, 0) is 117 Å². The lowest BCUT2D eigenvalue weighted by atomic mass is 9.79. The minimum atomic E-state index is -1.12. The third-order valence-electron chi connectivity index (χ3n) is 7.89. The molecule has 7 heteroatoms. The number of nitrogens with zero attached hydrogens (tertiary/aromatic N) is 2. The maximum absolute atomic E-state index is 15.5. The molecule has 2 heterocycles. The number of ether oxygens (including phenoxy) is 1. The zero-order valence-corrected chi connectivity index (χ0v) is 22.1. The van der Waals surface area contributed by atoms with Crippen LogP contribution in [0.25, 0.3) is 10.9 Å². The van der Waals surface area contributed by atoms with Gasteiger partial charge in [0.1, 0.15) is 17.7 Å². The number of fused-ring (bicyclic) bond motifs is 1. The minimum absolute atomic E-state index is 0.141. The van der Waals surface area contributed by atoms with Crippen LogP contribution in [0.2, 0.25) is 0 Å². The number of rotatable bonds is 13. The van der Waals surface area contributed by atoms with E-state index in [9.17, 15) is 14.3 Å². The first-order chi connectivity index (χ1) is 18.4. The van der Waals surface area contributed by atoms with Crippen molar-refractivity contribution in [3.63, 3.8) is 0 Å². The summed E-state index contributed by atoms with van der Waals surface area (Å²) in [5.41, 5.74) is 2.40. The number of hydrogen-bond acceptors (Lipinski definition) is 4. The number of aliphatic carboxylic acids is 1. The second kappa shape index (κ2) is 13.7.